The Balaban J connectivity index is 2.06. The fourth-order valence-electron chi connectivity index (χ4n) is 4.32. The molecule has 1 unspecified atom stereocenters. The van der Waals surface area contributed by atoms with Gasteiger partial charge in [0, 0.05) is 20.0 Å². The number of amides is 1. The second kappa shape index (κ2) is 14.9. The summed E-state index contributed by atoms with van der Waals surface area (Å²) in [6.45, 7) is 3.18. The molecule has 0 aromatic heterocycles. The Morgan fingerprint density at radius 3 is 1.82 bits per heavy atom. The number of carbonyl (C=O) groups is 2. The van der Waals surface area contributed by atoms with Crippen LogP contribution in [0.25, 0.3) is 0 Å². The van der Waals surface area contributed by atoms with Crippen LogP contribution in [0.3, 0.4) is 0 Å². The van der Waals surface area contributed by atoms with E-state index in [-0.39, 0.29) is 25.4 Å². The van der Waals surface area contributed by atoms with E-state index in [4.69, 9.17) is 18.9 Å². The van der Waals surface area contributed by atoms with Crippen LogP contribution in [0, 0.1) is 0 Å². The van der Waals surface area contributed by atoms with Crippen LogP contribution in [0.5, 0.6) is 11.5 Å². The van der Waals surface area contributed by atoms with E-state index in [9.17, 15) is 9.59 Å². The first-order valence-corrected chi connectivity index (χ1v) is 13.1. The summed E-state index contributed by atoms with van der Waals surface area (Å²) < 4.78 is 23.5. The summed E-state index contributed by atoms with van der Waals surface area (Å²) in [4.78, 5) is 24.0. The third-order valence-corrected chi connectivity index (χ3v) is 6.40. The summed E-state index contributed by atoms with van der Waals surface area (Å²) in [5.74, 6) is 0.784. The van der Waals surface area contributed by atoms with Crippen molar-refractivity contribution in [3.63, 3.8) is 0 Å². The van der Waals surface area contributed by atoms with Crippen LogP contribution >= 0.6 is 0 Å². The third kappa shape index (κ3) is 7.81. The number of hydrogen-bond donors (Lipinski definition) is 2. The van der Waals surface area contributed by atoms with Gasteiger partial charge in [-0.1, -0.05) is 61.5 Å². The van der Waals surface area contributed by atoms with Gasteiger partial charge in [0.25, 0.3) is 0 Å². The summed E-state index contributed by atoms with van der Waals surface area (Å²) in [7, 11) is 4.80. The summed E-state index contributed by atoms with van der Waals surface area (Å²) in [6.07, 6.45) is -0.452. The van der Waals surface area contributed by atoms with Crippen molar-refractivity contribution < 1.29 is 28.5 Å². The predicted molar refractivity (Wildman–Crippen MR) is 150 cm³/mol. The minimum Gasteiger partial charge on any atom is -0.497 e. The molecule has 8 nitrogen and oxygen atoms in total. The number of esters is 1. The lowest BCUT2D eigenvalue weighted by Crippen LogP contribution is -2.43. The molecule has 2 N–H and O–H groups in total. The molecule has 0 aliphatic heterocycles. The lowest BCUT2D eigenvalue weighted by Gasteiger charge is -2.39. The lowest BCUT2D eigenvalue weighted by molar-refractivity contribution is -0.152. The highest BCUT2D eigenvalue weighted by molar-refractivity contribution is 5.81. The van der Waals surface area contributed by atoms with Crippen molar-refractivity contribution in [3.05, 3.63) is 95.6 Å². The van der Waals surface area contributed by atoms with E-state index >= 15 is 0 Å². The number of methoxy groups -OCH3 is 2. The standard InChI is InChI=1S/C31H38N2O6/c1-5-33-21-28(22-38-30(35)20-19-29(34)32-2)39-31(23-9-7-6-8-10-23,24-11-15-26(36-3)16-12-24)25-13-17-27(37-4)18-14-25/h6-18,28,33H,5,19-22H2,1-4H3,(H,32,34). The Bertz CT molecular complexity index is 1120. The Morgan fingerprint density at radius 2 is 1.33 bits per heavy atom. The molecular weight excluding hydrogens is 496 g/mol. The molecule has 0 aliphatic rings. The van der Waals surface area contributed by atoms with E-state index < -0.39 is 17.7 Å². The maximum Gasteiger partial charge on any atom is 0.306 e. The molecule has 1 amide bonds. The normalized spacial score (nSPS) is 11.9. The number of likely N-dealkylation sites (N-methyl/N-ethyl adjacent to an activating group) is 1. The smallest absolute Gasteiger partial charge is 0.306 e. The van der Waals surface area contributed by atoms with Crippen molar-refractivity contribution in [2.45, 2.75) is 31.5 Å². The molecule has 3 aromatic rings. The van der Waals surface area contributed by atoms with Crippen molar-refractivity contribution in [2.75, 3.05) is 41.0 Å². The van der Waals surface area contributed by atoms with Crippen LogP contribution in [-0.4, -0.2) is 58.9 Å². The third-order valence-electron chi connectivity index (χ3n) is 6.40. The van der Waals surface area contributed by atoms with Crippen molar-refractivity contribution in [1.82, 2.24) is 10.6 Å². The largest absolute Gasteiger partial charge is 0.497 e. The second-order valence-corrected chi connectivity index (χ2v) is 8.91. The van der Waals surface area contributed by atoms with Gasteiger partial charge in [0.15, 0.2) is 0 Å². The van der Waals surface area contributed by atoms with Crippen LogP contribution in [0.1, 0.15) is 36.5 Å². The minimum absolute atomic E-state index is 0.00557. The molecule has 3 rings (SSSR count). The highest BCUT2D eigenvalue weighted by Gasteiger charge is 2.40. The Kier molecular flexibility index (Phi) is 11.3. The van der Waals surface area contributed by atoms with Crippen molar-refractivity contribution in [1.29, 1.82) is 0 Å². The highest BCUT2D eigenvalue weighted by atomic mass is 16.6. The van der Waals surface area contributed by atoms with Gasteiger partial charge in [0.2, 0.25) is 5.91 Å². The number of ether oxygens (including phenoxy) is 4. The molecule has 39 heavy (non-hydrogen) atoms. The first-order chi connectivity index (χ1) is 19.0. The molecule has 3 aromatic carbocycles. The Morgan fingerprint density at radius 1 is 0.795 bits per heavy atom. The first-order valence-electron chi connectivity index (χ1n) is 13.1. The monoisotopic (exact) mass is 534 g/mol. The molecule has 0 bridgehead atoms. The maximum atomic E-state index is 12.5. The summed E-state index contributed by atoms with van der Waals surface area (Å²) in [5, 5.41) is 5.84. The maximum absolute atomic E-state index is 12.5. The molecule has 8 heteroatoms. The SMILES string of the molecule is CCNCC(COC(=O)CCC(=O)NC)OC(c1ccccc1)(c1ccc(OC)cc1)c1ccc(OC)cc1. The number of hydrogen-bond acceptors (Lipinski definition) is 7. The molecule has 0 saturated heterocycles. The van der Waals surface area contributed by atoms with Gasteiger partial charge < -0.3 is 29.6 Å². The molecule has 0 spiro atoms. The van der Waals surface area contributed by atoms with E-state index in [1.54, 1.807) is 14.2 Å². The zero-order chi connectivity index (χ0) is 28.1. The van der Waals surface area contributed by atoms with Crippen molar-refractivity contribution >= 4 is 11.9 Å². The molecule has 0 saturated carbocycles. The van der Waals surface area contributed by atoms with Crippen LogP contribution in [-0.2, 0) is 24.7 Å². The van der Waals surface area contributed by atoms with E-state index in [1.165, 1.54) is 7.05 Å². The zero-order valence-corrected chi connectivity index (χ0v) is 23.1. The molecule has 0 aliphatic carbocycles. The van der Waals surface area contributed by atoms with Crippen LogP contribution in [0.4, 0.5) is 0 Å². The van der Waals surface area contributed by atoms with Gasteiger partial charge in [-0.15, -0.1) is 0 Å². The van der Waals surface area contributed by atoms with E-state index in [1.807, 2.05) is 85.8 Å². The first kappa shape index (κ1) is 29.7. The van der Waals surface area contributed by atoms with Gasteiger partial charge >= 0.3 is 5.97 Å². The summed E-state index contributed by atoms with van der Waals surface area (Å²) in [5.41, 5.74) is 1.63. The van der Waals surface area contributed by atoms with Gasteiger partial charge in [0.1, 0.15) is 29.8 Å². The molecule has 0 radical (unpaired) electrons. The number of rotatable bonds is 15. The Labute approximate surface area is 230 Å². The number of benzene rings is 3. The van der Waals surface area contributed by atoms with Gasteiger partial charge in [0.05, 0.1) is 20.6 Å². The molecular formula is C31H38N2O6. The average Bonchev–Trinajstić information content (AvgIpc) is 3.00. The van der Waals surface area contributed by atoms with Gasteiger partial charge in [-0.25, -0.2) is 0 Å². The van der Waals surface area contributed by atoms with Crippen molar-refractivity contribution in [3.8, 4) is 11.5 Å². The van der Waals surface area contributed by atoms with Crippen LogP contribution < -0.4 is 20.1 Å². The fourth-order valence-corrected chi connectivity index (χ4v) is 4.32. The van der Waals surface area contributed by atoms with Crippen molar-refractivity contribution in [2.24, 2.45) is 0 Å². The summed E-state index contributed by atoms with van der Waals surface area (Å²) in [6, 6.07) is 25.5. The van der Waals surface area contributed by atoms with E-state index in [2.05, 4.69) is 10.6 Å². The zero-order valence-electron chi connectivity index (χ0n) is 23.1. The Hall–Kier alpha value is -3.88. The number of nitrogens with one attached hydrogen (secondary N) is 2. The molecule has 0 heterocycles. The minimum atomic E-state index is -1.05. The van der Waals surface area contributed by atoms with Gasteiger partial charge in [-0.2, -0.15) is 0 Å². The van der Waals surface area contributed by atoms with Crippen LogP contribution in [0.2, 0.25) is 0 Å². The van der Waals surface area contributed by atoms with Crippen LogP contribution in [0.15, 0.2) is 78.9 Å². The topological polar surface area (TPSA) is 95.1 Å². The lowest BCUT2D eigenvalue weighted by atomic mass is 9.79. The van der Waals surface area contributed by atoms with E-state index in [0.717, 1.165) is 28.2 Å². The van der Waals surface area contributed by atoms with E-state index in [0.29, 0.717) is 13.1 Å². The average molecular weight is 535 g/mol. The van der Waals surface area contributed by atoms with Gasteiger partial charge in [-0.3, -0.25) is 9.59 Å². The molecule has 0 fully saturated rings. The quantitative estimate of drug-likeness (QED) is 0.224. The van der Waals surface area contributed by atoms with Gasteiger partial charge in [-0.05, 0) is 47.5 Å². The molecule has 208 valence electrons. The number of carbonyl (C=O) groups excluding carboxylic acids is 2. The highest BCUT2D eigenvalue weighted by Crippen LogP contribution is 2.42. The fraction of sp³-hybridized carbons (Fsp3) is 0.355. The predicted octanol–water partition coefficient (Wildman–Crippen LogP) is 4.06. The molecule has 1 atom stereocenters. The summed E-state index contributed by atoms with van der Waals surface area (Å²) >= 11 is 0. The second-order valence-electron chi connectivity index (χ2n) is 8.91.